The van der Waals surface area contributed by atoms with Crippen molar-refractivity contribution in [3.8, 4) is 0 Å². The predicted molar refractivity (Wildman–Crippen MR) is 87.2 cm³/mol. The number of carbonyl (C=O) groups excluding carboxylic acids is 1. The molecule has 1 amide bonds. The van der Waals surface area contributed by atoms with E-state index in [0.29, 0.717) is 21.6 Å². The largest absolute Gasteiger partial charge is 0.431 e. The number of aromatic nitrogens is 2. The zero-order valence-corrected chi connectivity index (χ0v) is 13.2. The number of rotatable bonds is 4. The number of fused-ring (bicyclic) bond motifs is 1. The highest BCUT2D eigenvalue weighted by Gasteiger charge is 2.18. The lowest BCUT2D eigenvalue weighted by Crippen LogP contribution is -2.22. The average Bonchev–Trinajstić information content (AvgIpc) is 2.91. The first kappa shape index (κ1) is 14.9. The fourth-order valence-corrected chi connectivity index (χ4v) is 2.65. The van der Waals surface area contributed by atoms with Gasteiger partial charge in [-0.15, -0.1) is 0 Å². The van der Waals surface area contributed by atoms with Gasteiger partial charge in [-0.05, 0) is 31.2 Å². The number of halogens is 1. The Balaban J connectivity index is 1.66. The van der Waals surface area contributed by atoms with E-state index in [9.17, 15) is 4.79 Å². The van der Waals surface area contributed by atoms with Crippen LogP contribution in [0.5, 0.6) is 0 Å². The number of hydrogen-bond acceptors (Lipinski definition) is 5. The van der Waals surface area contributed by atoms with Gasteiger partial charge in [-0.1, -0.05) is 35.5 Å². The molecule has 0 radical (unpaired) electrons. The van der Waals surface area contributed by atoms with Gasteiger partial charge in [0, 0.05) is 6.20 Å². The first-order valence-electron chi connectivity index (χ1n) is 6.56. The Morgan fingerprint density at radius 3 is 2.86 bits per heavy atom. The second-order valence-corrected chi connectivity index (χ2v) is 6.29. The highest BCUT2D eigenvalue weighted by Crippen LogP contribution is 2.27. The molecule has 0 spiro atoms. The van der Waals surface area contributed by atoms with Gasteiger partial charge in [0.25, 0.3) is 5.22 Å². The highest BCUT2D eigenvalue weighted by atomic mass is 35.5. The molecule has 0 bridgehead atoms. The molecular weight excluding hydrogens is 322 g/mol. The number of thioether (sulfide) groups is 1. The maximum Gasteiger partial charge on any atom is 0.257 e. The molecule has 2 heterocycles. The molecule has 5 nitrogen and oxygen atoms in total. The number of nitrogens with one attached hydrogen (secondary N) is 1. The number of para-hydroxylation sites is 2. The highest BCUT2D eigenvalue weighted by molar-refractivity contribution is 8.00. The normalized spacial score (nSPS) is 12.3. The molecule has 3 aromatic rings. The predicted octanol–water partition coefficient (Wildman–Crippen LogP) is 4.00. The molecule has 7 heteroatoms. The van der Waals surface area contributed by atoms with Crippen molar-refractivity contribution in [2.45, 2.75) is 17.4 Å². The van der Waals surface area contributed by atoms with E-state index in [1.165, 1.54) is 18.0 Å². The van der Waals surface area contributed by atoms with Gasteiger partial charge in [0.15, 0.2) is 5.58 Å². The minimum atomic E-state index is -0.370. The van der Waals surface area contributed by atoms with E-state index >= 15 is 0 Å². The van der Waals surface area contributed by atoms with E-state index in [1.807, 2.05) is 24.3 Å². The molecule has 0 aliphatic carbocycles. The van der Waals surface area contributed by atoms with E-state index in [1.54, 1.807) is 19.1 Å². The summed E-state index contributed by atoms with van der Waals surface area (Å²) in [6, 6.07) is 10.8. The summed E-state index contributed by atoms with van der Waals surface area (Å²) in [5.41, 5.74) is 1.48. The van der Waals surface area contributed by atoms with Crippen LogP contribution in [-0.4, -0.2) is 21.1 Å². The first-order chi connectivity index (χ1) is 10.6. The summed E-state index contributed by atoms with van der Waals surface area (Å²) in [6.45, 7) is 1.78. The summed E-state index contributed by atoms with van der Waals surface area (Å²) in [6.07, 6.45) is 1.48. The quantitative estimate of drug-likeness (QED) is 0.731. The fraction of sp³-hybridized carbons (Fsp3) is 0.133. The molecule has 0 saturated carbocycles. The second-order valence-electron chi connectivity index (χ2n) is 4.56. The van der Waals surface area contributed by atoms with E-state index in [2.05, 4.69) is 15.3 Å². The molecule has 0 saturated heterocycles. The zero-order chi connectivity index (χ0) is 15.5. The average molecular weight is 334 g/mol. The van der Waals surface area contributed by atoms with Crippen molar-refractivity contribution in [1.82, 2.24) is 9.97 Å². The topological polar surface area (TPSA) is 68.0 Å². The Hall–Kier alpha value is -2.05. The number of hydrogen-bond donors (Lipinski definition) is 1. The maximum absolute atomic E-state index is 12.1. The lowest BCUT2D eigenvalue weighted by molar-refractivity contribution is -0.115. The Labute approximate surface area is 136 Å². The molecular formula is C15H12ClN3O2S. The van der Waals surface area contributed by atoms with Crippen LogP contribution in [0.1, 0.15) is 6.92 Å². The lowest BCUT2D eigenvalue weighted by atomic mass is 10.3. The van der Waals surface area contributed by atoms with Crippen LogP contribution in [0.3, 0.4) is 0 Å². The third kappa shape index (κ3) is 3.40. The minimum absolute atomic E-state index is 0.179. The molecule has 1 aromatic carbocycles. The molecule has 3 rings (SSSR count). The van der Waals surface area contributed by atoms with Crippen LogP contribution in [0, 0.1) is 0 Å². The summed E-state index contributed by atoms with van der Waals surface area (Å²) >= 11 is 7.01. The fourth-order valence-electron chi connectivity index (χ4n) is 1.78. The van der Waals surface area contributed by atoms with Crippen molar-refractivity contribution < 1.29 is 9.21 Å². The number of anilines is 1. The van der Waals surface area contributed by atoms with Crippen LogP contribution >= 0.6 is 23.4 Å². The molecule has 112 valence electrons. The van der Waals surface area contributed by atoms with Gasteiger partial charge in [-0.2, -0.15) is 0 Å². The third-order valence-corrected chi connectivity index (χ3v) is 4.07. The van der Waals surface area contributed by atoms with E-state index < -0.39 is 0 Å². The summed E-state index contributed by atoms with van der Waals surface area (Å²) in [5.74, 6) is 0.279. The number of benzene rings is 1. The monoisotopic (exact) mass is 333 g/mol. The number of nitrogens with zero attached hydrogens (tertiary/aromatic N) is 2. The summed E-state index contributed by atoms with van der Waals surface area (Å²) < 4.78 is 5.59. The summed E-state index contributed by atoms with van der Waals surface area (Å²) in [5, 5.41) is 3.34. The van der Waals surface area contributed by atoms with Crippen molar-refractivity contribution in [1.29, 1.82) is 0 Å². The number of amides is 1. The lowest BCUT2D eigenvalue weighted by Gasteiger charge is -2.09. The second kappa shape index (κ2) is 6.37. The number of pyridine rings is 1. The SMILES string of the molecule is C[C@H](Sc1nc2ccccc2o1)C(=O)Nc1ccc(Cl)cn1. The van der Waals surface area contributed by atoms with E-state index in [4.69, 9.17) is 16.0 Å². The zero-order valence-electron chi connectivity index (χ0n) is 11.6. The molecule has 1 atom stereocenters. The molecule has 0 unspecified atom stereocenters. The molecule has 2 aromatic heterocycles. The number of carbonyl (C=O) groups is 1. The van der Waals surface area contributed by atoms with Crippen LogP contribution in [-0.2, 0) is 4.79 Å². The van der Waals surface area contributed by atoms with Crippen LogP contribution in [0.2, 0.25) is 5.02 Å². The van der Waals surface area contributed by atoms with Crippen molar-refractivity contribution in [2.75, 3.05) is 5.32 Å². The van der Waals surface area contributed by atoms with Gasteiger partial charge in [-0.25, -0.2) is 9.97 Å². The van der Waals surface area contributed by atoms with E-state index in [0.717, 1.165) is 5.52 Å². The van der Waals surface area contributed by atoms with Gasteiger partial charge >= 0.3 is 0 Å². The Kier molecular flexibility index (Phi) is 4.31. The van der Waals surface area contributed by atoms with E-state index in [-0.39, 0.29) is 11.2 Å². The summed E-state index contributed by atoms with van der Waals surface area (Å²) in [4.78, 5) is 20.5. The Morgan fingerprint density at radius 2 is 2.14 bits per heavy atom. The molecule has 0 aliphatic rings. The van der Waals surface area contributed by atoms with Gasteiger partial charge in [-0.3, -0.25) is 4.79 Å². The Bertz CT molecular complexity index is 771. The standard InChI is InChI=1S/C15H12ClN3O2S/c1-9(14(20)19-13-7-6-10(16)8-17-13)22-15-18-11-4-2-3-5-12(11)21-15/h2-9H,1H3,(H,17,19,20)/t9-/m0/s1. The molecule has 0 aliphatic heterocycles. The van der Waals surface area contributed by atoms with Gasteiger partial charge in [0.2, 0.25) is 5.91 Å². The number of oxazole rings is 1. The van der Waals surface area contributed by atoms with Crippen LogP contribution in [0.25, 0.3) is 11.1 Å². The van der Waals surface area contributed by atoms with Crippen molar-refractivity contribution in [2.24, 2.45) is 0 Å². The third-order valence-electron chi connectivity index (χ3n) is 2.90. The van der Waals surface area contributed by atoms with Crippen molar-refractivity contribution in [3.63, 3.8) is 0 Å². The van der Waals surface area contributed by atoms with Gasteiger partial charge in [0.05, 0.1) is 10.3 Å². The van der Waals surface area contributed by atoms with Crippen molar-refractivity contribution in [3.05, 3.63) is 47.6 Å². The molecule has 22 heavy (non-hydrogen) atoms. The summed E-state index contributed by atoms with van der Waals surface area (Å²) in [7, 11) is 0. The van der Waals surface area contributed by atoms with Gasteiger partial charge < -0.3 is 9.73 Å². The minimum Gasteiger partial charge on any atom is -0.431 e. The first-order valence-corrected chi connectivity index (χ1v) is 7.82. The van der Waals surface area contributed by atoms with Crippen LogP contribution in [0.4, 0.5) is 5.82 Å². The Morgan fingerprint density at radius 1 is 1.32 bits per heavy atom. The maximum atomic E-state index is 12.1. The molecule has 0 fully saturated rings. The van der Waals surface area contributed by atoms with Crippen LogP contribution < -0.4 is 5.32 Å². The van der Waals surface area contributed by atoms with Crippen LogP contribution in [0.15, 0.2) is 52.2 Å². The van der Waals surface area contributed by atoms with Crippen molar-refractivity contribution >= 4 is 46.2 Å². The molecule has 1 N–H and O–H groups in total. The van der Waals surface area contributed by atoms with Gasteiger partial charge in [0.1, 0.15) is 11.3 Å². The smallest absolute Gasteiger partial charge is 0.257 e.